The van der Waals surface area contributed by atoms with Crippen LogP contribution in [0.3, 0.4) is 0 Å². The summed E-state index contributed by atoms with van der Waals surface area (Å²) in [5.41, 5.74) is 6.39. The third kappa shape index (κ3) is 4.84. The van der Waals surface area contributed by atoms with E-state index in [0.717, 1.165) is 24.9 Å². The third-order valence-corrected chi connectivity index (χ3v) is 4.00. The van der Waals surface area contributed by atoms with Gasteiger partial charge < -0.3 is 5.73 Å². The van der Waals surface area contributed by atoms with Gasteiger partial charge in [-0.2, -0.15) is 5.26 Å². The fraction of sp³-hybridized carbons (Fsp3) is 0.611. The number of nitriles is 1. The molecular formula is C18H29N3. The van der Waals surface area contributed by atoms with Gasteiger partial charge in [-0.25, -0.2) is 0 Å². The van der Waals surface area contributed by atoms with E-state index in [4.69, 9.17) is 5.73 Å². The zero-order chi connectivity index (χ0) is 15.9. The van der Waals surface area contributed by atoms with Gasteiger partial charge in [-0.15, -0.1) is 0 Å². The molecule has 1 rings (SSSR count). The normalized spacial score (nSPS) is 14.4. The molecular weight excluding hydrogens is 258 g/mol. The molecule has 0 aliphatic heterocycles. The summed E-state index contributed by atoms with van der Waals surface area (Å²) in [6.07, 6.45) is 2.17. The first-order valence-electron chi connectivity index (χ1n) is 7.96. The van der Waals surface area contributed by atoms with Gasteiger partial charge in [0, 0.05) is 19.1 Å². The lowest BCUT2D eigenvalue weighted by atomic mass is 9.90. The van der Waals surface area contributed by atoms with Gasteiger partial charge in [-0.05, 0) is 24.3 Å². The zero-order valence-corrected chi connectivity index (χ0v) is 13.8. The predicted molar refractivity (Wildman–Crippen MR) is 88.7 cm³/mol. The molecule has 1 aromatic rings. The molecule has 2 N–H and O–H groups in total. The average Bonchev–Trinajstić information content (AvgIpc) is 2.48. The van der Waals surface area contributed by atoms with Crippen LogP contribution in [0.25, 0.3) is 0 Å². The first-order valence-corrected chi connectivity index (χ1v) is 7.96. The number of nitrogens with two attached hydrogens (primary N) is 1. The van der Waals surface area contributed by atoms with Crippen molar-refractivity contribution in [2.75, 3.05) is 13.1 Å². The van der Waals surface area contributed by atoms with E-state index in [9.17, 15) is 5.26 Å². The van der Waals surface area contributed by atoms with Crippen LogP contribution in [0.15, 0.2) is 30.3 Å². The smallest absolute Gasteiger partial charge is 0.142 e. The fourth-order valence-corrected chi connectivity index (χ4v) is 2.86. The van der Waals surface area contributed by atoms with Crippen molar-refractivity contribution < 1.29 is 0 Å². The van der Waals surface area contributed by atoms with Crippen molar-refractivity contribution in [1.29, 1.82) is 5.26 Å². The van der Waals surface area contributed by atoms with Gasteiger partial charge in [0.1, 0.15) is 5.54 Å². The Hall–Kier alpha value is -1.37. The third-order valence-electron chi connectivity index (χ3n) is 4.00. The predicted octanol–water partition coefficient (Wildman–Crippen LogP) is 3.51. The molecule has 3 heteroatoms. The highest BCUT2D eigenvalue weighted by atomic mass is 15.2. The van der Waals surface area contributed by atoms with Gasteiger partial charge in [0.15, 0.2) is 0 Å². The standard InChI is InChI=1S/C18H29N3/c1-5-17(6-2)21(12-15(3)4)14-18(20,13-19)16-10-8-7-9-11-16/h7-11,15,17H,5-6,12,14,20H2,1-4H3. The molecule has 0 amide bonds. The van der Waals surface area contributed by atoms with Gasteiger partial charge >= 0.3 is 0 Å². The first kappa shape index (κ1) is 17.7. The van der Waals surface area contributed by atoms with Crippen LogP contribution in [0, 0.1) is 17.2 Å². The number of nitrogens with zero attached hydrogens (tertiary/aromatic N) is 2. The maximum atomic E-state index is 9.65. The number of hydrogen-bond acceptors (Lipinski definition) is 3. The number of benzene rings is 1. The van der Waals surface area contributed by atoms with Gasteiger partial charge in [-0.3, -0.25) is 4.90 Å². The molecule has 21 heavy (non-hydrogen) atoms. The molecule has 0 aromatic heterocycles. The van der Waals surface area contributed by atoms with E-state index in [2.05, 4.69) is 38.7 Å². The molecule has 1 atom stereocenters. The summed E-state index contributed by atoms with van der Waals surface area (Å²) in [7, 11) is 0. The highest BCUT2D eigenvalue weighted by Crippen LogP contribution is 2.22. The van der Waals surface area contributed by atoms with Crippen LogP contribution >= 0.6 is 0 Å². The van der Waals surface area contributed by atoms with Crippen LogP contribution in [0.4, 0.5) is 0 Å². The van der Waals surface area contributed by atoms with Crippen LogP contribution in [0.1, 0.15) is 46.1 Å². The number of rotatable bonds is 8. The van der Waals surface area contributed by atoms with Crippen LogP contribution in [-0.2, 0) is 5.54 Å². The quantitative estimate of drug-likeness (QED) is 0.796. The summed E-state index contributed by atoms with van der Waals surface area (Å²) < 4.78 is 0. The molecule has 0 aliphatic carbocycles. The zero-order valence-electron chi connectivity index (χ0n) is 13.8. The molecule has 0 fully saturated rings. The van der Waals surface area contributed by atoms with Crippen LogP contribution < -0.4 is 5.73 Å². The Morgan fingerprint density at radius 2 is 1.76 bits per heavy atom. The Morgan fingerprint density at radius 1 is 1.19 bits per heavy atom. The molecule has 3 nitrogen and oxygen atoms in total. The summed E-state index contributed by atoms with van der Waals surface area (Å²) in [6, 6.07) is 12.6. The summed E-state index contributed by atoms with van der Waals surface area (Å²) in [4.78, 5) is 2.39. The Morgan fingerprint density at radius 3 is 2.19 bits per heavy atom. The van der Waals surface area contributed by atoms with E-state index >= 15 is 0 Å². The van der Waals surface area contributed by atoms with Gasteiger partial charge in [-0.1, -0.05) is 58.0 Å². The van der Waals surface area contributed by atoms with Gasteiger partial charge in [0.2, 0.25) is 0 Å². The van der Waals surface area contributed by atoms with Crippen molar-refractivity contribution in [3.05, 3.63) is 35.9 Å². The van der Waals surface area contributed by atoms with E-state index in [1.54, 1.807) is 0 Å². The monoisotopic (exact) mass is 287 g/mol. The molecule has 0 spiro atoms. The Kier molecular flexibility index (Phi) is 6.87. The van der Waals surface area contributed by atoms with Crippen molar-refractivity contribution in [3.63, 3.8) is 0 Å². The van der Waals surface area contributed by atoms with Gasteiger partial charge in [0.25, 0.3) is 0 Å². The SMILES string of the molecule is CCC(CC)N(CC(C)C)CC(N)(C#N)c1ccccc1. The molecule has 0 bridgehead atoms. The molecule has 0 saturated heterocycles. The van der Waals surface area contributed by atoms with Crippen molar-refractivity contribution in [2.45, 2.75) is 52.1 Å². The van der Waals surface area contributed by atoms with E-state index in [-0.39, 0.29) is 0 Å². The van der Waals surface area contributed by atoms with Crippen molar-refractivity contribution in [2.24, 2.45) is 11.7 Å². The second kappa shape index (κ2) is 8.17. The molecule has 0 aliphatic rings. The first-order chi connectivity index (χ1) is 9.96. The van der Waals surface area contributed by atoms with E-state index in [0.29, 0.717) is 18.5 Å². The molecule has 0 saturated carbocycles. The van der Waals surface area contributed by atoms with Crippen LogP contribution in [0.2, 0.25) is 0 Å². The summed E-state index contributed by atoms with van der Waals surface area (Å²) in [5.74, 6) is 0.560. The summed E-state index contributed by atoms with van der Waals surface area (Å²) >= 11 is 0. The molecule has 0 radical (unpaired) electrons. The average molecular weight is 287 g/mol. The van der Waals surface area contributed by atoms with E-state index in [1.807, 2.05) is 30.3 Å². The highest BCUT2D eigenvalue weighted by Gasteiger charge is 2.32. The molecule has 1 aromatic carbocycles. The Labute approximate surface area is 129 Å². The van der Waals surface area contributed by atoms with Crippen molar-refractivity contribution >= 4 is 0 Å². The Bertz CT molecular complexity index is 445. The highest BCUT2D eigenvalue weighted by molar-refractivity contribution is 5.31. The van der Waals surface area contributed by atoms with Crippen molar-refractivity contribution in [1.82, 2.24) is 4.90 Å². The molecule has 1 unspecified atom stereocenters. The fourth-order valence-electron chi connectivity index (χ4n) is 2.86. The van der Waals surface area contributed by atoms with E-state index in [1.165, 1.54) is 0 Å². The topological polar surface area (TPSA) is 53.0 Å². The van der Waals surface area contributed by atoms with E-state index < -0.39 is 5.54 Å². The minimum atomic E-state index is -0.946. The van der Waals surface area contributed by atoms with Crippen LogP contribution in [-0.4, -0.2) is 24.0 Å². The maximum absolute atomic E-state index is 9.65. The Balaban J connectivity index is 3.01. The second-order valence-electron chi connectivity index (χ2n) is 6.24. The minimum Gasteiger partial charge on any atom is -0.309 e. The minimum absolute atomic E-state index is 0.479. The second-order valence-corrected chi connectivity index (χ2v) is 6.24. The van der Waals surface area contributed by atoms with Crippen molar-refractivity contribution in [3.8, 4) is 6.07 Å². The summed E-state index contributed by atoms with van der Waals surface area (Å²) in [6.45, 7) is 10.4. The van der Waals surface area contributed by atoms with Crippen LogP contribution in [0.5, 0.6) is 0 Å². The summed E-state index contributed by atoms with van der Waals surface area (Å²) in [5, 5.41) is 9.65. The van der Waals surface area contributed by atoms with Gasteiger partial charge in [0.05, 0.1) is 6.07 Å². The maximum Gasteiger partial charge on any atom is 0.142 e. The lowest BCUT2D eigenvalue weighted by Gasteiger charge is -2.37. The largest absolute Gasteiger partial charge is 0.309 e. The molecule has 116 valence electrons. The molecule has 0 heterocycles. The lowest BCUT2D eigenvalue weighted by molar-refractivity contribution is 0.142. The number of hydrogen-bond donors (Lipinski definition) is 1. The lowest BCUT2D eigenvalue weighted by Crippen LogP contribution is -2.50.